The topological polar surface area (TPSA) is 129 Å². The maximum absolute atomic E-state index is 12.3. The lowest BCUT2D eigenvalue weighted by molar-refractivity contribution is -0.137. The minimum absolute atomic E-state index is 0.153. The van der Waals surface area contributed by atoms with E-state index in [1.165, 1.54) is 7.05 Å². The zero-order valence-electron chi connectivity index (χ0n) is 18.2. The van der Waals surface area contributed by atoms with Gasteiger partial charge in [-0.1, -0.05) is 24.3 Å². The number of phenols is 2. The van der Waals surface area contributed by atoms with E-state index in [1.54, 1.807) is 36.4 Å². The molecule has 1 aliphatic heterocycles. The number of hydrogen-bond acceptors (Lipinski definition) is 8. The SMILES string of the molecule is CN1C(=O)CC(Cc2nc(CCc3ccc(O)cc3)nc(NCc3ccc(O)cc3)n2)C1=O. The molecule has 2 aromatic carbocycles. The highest BCUT2D eigenvalue weighted by atomic mass is 16.3. The molecule has 9 nitrogen and oxygen atoms in total. The molecule has 1 aromatic heterocycles. The number of aromatic nitrogens is 3. The van der Waals surface area contributed by atoms with Crippen LogP contribution >= 0.6 is 0 Å². The average molecular weight is 447 g/mol. The maximum atomic E-state index is 12.3. The lowest BCUT2D eigenvalue weighted by atomic mass is 10.0. The summed E-state index contributed by atoms with van der Waals surface area (Å²) < 4.78 is 0. The predicted octanol–water partition coefficient (Wildman–Crippen LogP) is 2.23. The van der Waals surface area contributed by atoms with Crippen molar-refractivity contribution in [2.24, 2.45) is 5.92 Å². The normalized spacial score (nSPS) is 15.8. The third kappa shape index (κ3) is 5.62. The number of nitrogens with zero attached hydrogens (tertiary/aromatic N) is 4. The van der Waals surface area contributed by atoms with Crippen molar-refractivity contribution >= 4 is 17.8 Å². The highest BCUT2D eigenvalue weighted by Crippen LogP contribution is 2.22. The molecule has 3 aromatic rings. The summed E-state index contributed by atoms with van der Waals surface area (Å²) in [6, 6.07) is 13.8. The molecule has 9 heteroatoms. The van der Waals surface area contributed by atoms with E-state index in [-0.39, 0.29) is 36.2 Å². The van der Waals surface area contributed by atoms with Crippen LogP contribution in [-0.4, -0.2) is 48.9 Å². The van der Waals surface area contributed by atoms with Crippen LogP contribution in [0.15, 0.2) is 48.5 Å². The van der Waals surface area contributed by atoms with Crippen LogP contribution in [0.2, 0.25) is 0 Å². The number of aromatic hydroxyl groups is 2. The van der Waals surface area contributed by atoms with Crippen LogP contribution in [0.4, 0.5) is 5.95 Å². The number of rotatable bonds is 8. The van der Waals surface area contributed by atoms with Gasteiger partial charge in [-0.3, -0.25) is 14.5 Å². The van der Waals surface area contributed by atoms with Crippen molar-refractivity contribution < 1.29 is 19.8 Å². The lowest BCUT2D eigenvalue weighted by Gasteiger charge is -2.12. The number of nitrogens with one attached hydrogen (secondary N) is 1. The molecule has 1 atom stereocenters. The van der Waals surface area contributed by atoms with Gasteiger partial charge in [-0.25, -0.2) is 4.98 Å². The fraction of sp³-hybridized carbons (Fsp3) is 0.292. The molecule has 1 fully saturated rings. The molecule has 1 saturated heterocycles. The van der Waals surface area contributed by atoms with E-state index in [9.17, 15) is 19.8 Å². The van der Waals surface area contributed by atoms with E-state index in [1.807, 2.05) is 12.1 Å². The summed E-state index contributed by atoms with van der Waals surface area (Å²) in [5, 5.41) is 22.1. The molecule has 0 aliphatic carbocycles. The first kappa shape index (κ1) is 22.2. The van der Waals surface area contributed by atoms with Gasteiger partial charge < -0.3 is 15.5 Å². The minimum atomic E-state index is -0.472. The zero-order chi connectivity index (χ0) is 23.4. The summed E-state index contributed by atoms with van der Waals surface area (Å²) in [5.41, 5.74) is 1.98. The standard InChI is InChI=1S/C24H25N5O4/c1-29-22(32)13-17(23(29)33)12-21-26-20(11-6-15-2-7-18(30)8-3-15)27-24(28-21)25-14-16-4-9-19(31)10-5-16/h2-5,7-10,17,30-31H,6,11-14H2,1H3,(H,25,26,27,28). The molecule has 2 amide bonds. The predicted molar refractivity (Wildman–Crippen MR) is 120 cm³/mol. The summed E-state index contributed by atoms with van der Waals surface area (Å²) in [4.78, 5) is 39.0. The van der Waals surface area contributed by atoms with Crippen LogP contribution < -0.4 is 5.32 Å². The molecule has 2 heterocycles. The Labute approximate surface area is 191 Å². The number of aryl methyl sites for hydroxylation is 2. The van der Waals surface area contributed by atoms with Gasteiger partial charge in [0, 0.05) is 32.9 Å². The number of carbonyl (C=O) groups excluding carboxylic acids is 2. The second kappa shape index (κ2) is 9.64. The summed E-state index contributed by atoms with van der Waals surface area (Å²) in [5.74, 6) is 0.938. The molecular formula is C24H25N5O4. The second-order valence-electron chi connectivity index (χ2n) is 8.07. The molecule has 0 saturated carbocycles. The van der Waals surface area contributed by atoms with Gasteiger partial charge in [-0.05, 0) is 41.8 Å². The van der Waals surface area contributed by atoms with Gasteiger partial charge in [0.2, 0.25) is 17.8 Å². The number of imide groups is 1. The average Bonchev–Trinajstić information content (AvgIpc) is 3.04. The Balaban J connectivity index is 1.52. The Morgan fingerprint density at radius 2 is 1.48 bits per heavy atom. The van der Waals surface area contributed by atoms with E-state index in [4.69, 9.17) is 0 Å². The third-order valence-corrected chi connectivity index (χ3v) is 5.59. The van der Waals surface area contributed by atoms with Crippen molar-refractivity contribution in [1.29, 1.82) is 0 Å². The molecule has 4 rings (SSSR count). The van der Waals surface area contributed by atoms with Gasteiger partial charge in [-0.2, -0.15) is 9.97 Å². The van der Waals surface area contributed by atoms with Gasteiger partial charge >= 0.3 is 0 Å². The Bertz CT molecular complexity index is 1080. The van der Waals surface area contributed by atoms with Crippen LogP contribution in [0.1, 0.15) is 29.2 Å². The summed E-state index contributed by atoms with van der Waals surface area (Å²) in [6.45, 7) is 0.449. The molecule has 33 heavy (non-hydrogen) atoms. The Hall–Kier alpha value is -4.01. The molecule has 170 valence electrons. The first-order chi connectivity index (χ1) is 15.9. The van der Waals surface area contributed by atoms with E-state index in [0.717, 1.165) is 16.0 Å². The minimum Gasteiger partial charge on any atom is -0.508 e. The molecule has 1 unspecified atom stereocenters. The smallest absolute Gasteiger partial charge is 0.232 e. The number of phenolic OH excluding ortho intramolecular Hbond substituents is 2. The third-order valence-electron chi connectivity index (χ3n) is 5.59. The van der Waals surface area contributed by atoms with Crippen molar-refractivity contribution in [3.8, 4) is 11.5 Å². The van der Waals surface area contributed by atoms with Crippen molar-refractivity contribution in [1.82, 2.24) is 19.9 Å². The first-order valence-electron chi connectivity index (χ1n) is 10.7. The number of hydrogen-bond donors (Lipinski definition) is 3. The van der Waals surface area contributed by atoms with Gasteiger partial charge in [0.25, 0.3) is 0 Å². The number of carbonyl (C=O) groups is 2. The van der Waals surface area contributed by atoms with E-state index < -0.39 is 5.92 Å². The van der Waals surface area contributed by atoms with Gasteiger partial charge in [0.05, 0.1) is 5.92 Å². The fourth-order valence-electron chi connectivity index (χ4n) is 3.68. The summed E-state index contributed by atoms with van der Waals surface area (Å²) in [6.07, 6.45) is 1.63. The van der Waals surface area contributed by atoms with Crippen LogP contribution in [0.5, 0.6) is 11.5 Å². The van der Waals surface area contributed by atoms with Crippen LogP contribution in [0.3, 0.4) is 0 Å². The maximum Gasteiger partial charge on any atom is 0.232 e. The van der Waals surface area contributed by atoms with Crippen molar-refractivity contribution in [2.45, 2.75) is 32.2 Å². The van der Waals surface area contributed by atoms with Crippen LogP contribution in [-0.2, 0) is 35.4 Å². The first-order valence-corrected chi connectivity index (χ1v) is 10.7. The Morgan fingerprint density at radius 3 is 2.09 bits per heavy atom. The molecular weight excluding hydrogens is 422 g/mol. The monoisotopic (exact) mass is 447 g/mol. The molecule has 3 N–H and O–H groups in total. The Kier molecular flexibility index (Phi) is 6.48. The van der Waals surface area contributed by atoms with Gasteiger partial charge in [-0.15, -0.1) is 0 Å². The largest absolute Gasteiger partial charge is 0.508 e. The number of amides is 2. The lowest BCUT2D eigenvalue weighted by Crippen LogP contribution is -2.26. The molecule has 0 radical (unpaired) electrons. The molecule has 0 bridgehead atoms. The molecule has 0 spiro atoms. The van der Waals surface area contributed by atoms with E-state index >= 15 is 0 Å². The van der Waals surface area contributed by atoms with E-state index in [2.05, 4.69) is 20.3 Å². The highest BCUT2D eigenvalue weighted by Gasteiger charge is 2.36. The molecule has 1 aliphatic rings. The number of anilines is 1. The highest BCUT2D eigenvalue weighted by molar-refractivity contribution is 6.03. The number of likely N-dealkylation sites (tertiary alicyclic amines) is 1. The zero-order valence-corrected chi connectivity index (χ0v) is 18.2. The van der Waals surface area contributed by atoms with Crippen molar-refractivity contribution in [3.05, 3.63) is 71.3 Å². The van der Waals surface area contributed by atoms with Crippen molar-refractivity contribution in [3.63, 3.8) is 0 Å². The second-order valence-corrected chi connectivity index (χ2v) is 8.07. The number of benzene rings is 2. The van der Waals surface area contributed by atoms with Crippen LogP contribution in [0.25, 0.3) is 0 Å². The van der Waals surface area contributed by atoms with Crippen LogP contribution in [0, 0.1) is 5.92 Å². The van der Waals surface area contributed by atoms with E-state index in [0.29, 0.717) is 37.0 Å². The van der Waals surface area contributed by atoms with Gasteiger partial charge in [0.1, 0.15) is 23.1 Å². The summed E-state index contributed by atoms with van der Waals surface area (Å²) >= 11 is 0. The fourth-order valence-corrected chi connectivity index (χ4v) is 3.68. The van der Waals surface area contributed by atoms with Gasteiger partial charge in [0.15, 0.2) is 0 Å². The van der Waals surface area contributed by atoms with Crippen molar-refractivity contribution in [2.75, 3.05) is 12.4 Å². The summed E-state index contributed by atoms with van der Waals surface area (Å²) in [7, 11) is 1.49. The quantitative estimate of drug-likeness (QED) is 0.449. The Morgan fingerprint density at radius 1 is 0.879 bits per heavy atom.